The first-order chi connectivity index (χ1) is 12.4. The maximum absolute atomic E-state index is 11.9. The molecule has 0 fully saturated rings. The number of nitrogens with one attached hydrogen (secondary N) is 1. The van der Waals surface area contributed by atoms with Crippen LogP contribution in [-0.4, -0.2) is 25.7 Å². The third-order valence-corrected chi connectivity index (χ3v) is 4.13. The van der Waals surface area contributed by atoms with E-state index in [1.54, 1.807) is 39.3 Å². The van der Waals surface area contributed by atoms with Crippen molar-refractivity contribution in [2.24, 2.45) is 5.73 Å². The van der Waals surface area contributed by atoms with Crippen LogP contribution in [0.15, 0.2) is 48.5 Å². The number of ether oxygens (including phenoxy) is 2. The summed E-state index contributed by atoms with van der Waals surface area (Å²) in [4.78, 5) is 11.9. The van der Waals surface area contributed by atoms with Crippen LogP contribution in [0.25, 0.3) is 0 Å². The van der Waals surface area contributed by atoms with Crippen LogP contribution in [0.1, 0.15) is 24.1 Å². The maximum atomic E-state index is 11.9. The summed E-state index contributed by atoms with van der Waals surface area (Å²) < 4.78 is 10.5. The van der Waals surface area contributed by atoms with Crippen molar-refractivity contribution in [3.8, 4) is 17.6 Å². The third-order valence-electron chi connectivity index (χ3n) is 4.13. The molecule has 0 radical (unpaired) electrons. The van der Waals surface area contributed by atoms with Crippen molar-refractivity contribution in [3.63, 3.8) is 0 Å². The van der Waals surface area contributed by atoms with Crippen molar-refractivity contribution < 1.29 is 14.3 Å². The number of nitrogens with zero attached hydrogens (tertiary/aromatic N) is 1. The number of rotatable bonds is 8. The molecule has 6 nitrogen and oxygen atoms in total. The van der Waals surface area contributed by atoms with Gasteiger partial charge in [-0.3, -0.25) is 10.1 Å². The Labute approximate surface area is 153 Å². The number of benzene rings is 2. The third kappa shape index (κ3) is 4.52. The molecule has 2 atom stereocenters. The SMILES string of the molecule is COc1ccc(C[C@@](C)(C#N)N[C@H](C(N)=O)c2ccccc2)cc1OC. The van der Waals surface area contributed by atoms with Gasteiger partial charge >= 0.3 is 0 Å². The highest BCUT2D eigenvalue weighted by Gasteiger charge is 2.31. The molecule has 136 valence electrons. The topological polar surface area (TPSA) is 97.4 Å². The monoisotopic (exact) mass is 353 g/mol. The molecule has 0 saturated heterocycles. The molecule has 26 heavy (non-hydrogen) atoms. The lowest BCUT2D eigenvalue weighted by Crippen LogP contribution is -2.48. The lowest BCUT2D eigenvalue weighted by molar-refractivity contribution is -0.120. The van der Waals surface area contributed by atoms with Crippen molar-refractivity contribution >= 4 is 5.91 Å². The van der Waals surface area contributed by atoms with Crippen LogP contribution < -0.4 is 20.5 Å². The van der Waals surface area contributed by atoms with E-state index in [-0.39, 0.29) is 0 Å². The highest BCUT2D eigenvalue weighted by Crippen LogP contribution is 2.29. The van der Waals surface area contributed by atoms with Crippen molar-refractivity contribution in [1.82, 2.24) is 5.32 Å². The van der Waals surface area contributed by atoms with E-state index in [1.807, 2.05) is 30.3 Å². The number of amides is 1. The summed E-state index contributed by atoms with van der Waals surface area (Å²) in [6.45, 7) is 1.74. The average molecular weight is 353 g/mol. The summed E-state index contributed by atoms with van der Waals surface area (Å²) >= 11 is 0. The van der Waals surface area contributed by atoms with Gasteiger partial charge in [0.2, 0.25) is 5.91 Å². The number of methoxy groups -OCH3 is 2. The van der Waals surface area contributed by atoms with E-state index < -0.39 is 17.5 Å². The van der Waals surface area contributed by atoms with Gasteiger partial charge in [0.25, 0.3) is 0 Å². The van der Waals surface area contributed by atoms with Gasteiger partial charge in [0.1, 0.15) is 11.6 Å². The largest absolute Gasteiger partial charge is 0.493 e. The summed E-state index contributed by atoms with van der Waals surface area (Å²) in [7, 11) is 3.12. The van der Waals surface area contributed by atoms with Crippen LogP contribution in [-0.2, 0) is 11.2 Å². The number of carbonyl (C=O) groups excluding carboxylic acids is 1. The molecule has 0 heterocycles. The predicted octanol–water partition coefficient (Wildman–Crippen LogP) is 2.34. The second kappa shape index (κ2) is 8.37. The Morgan fingerprint density at radius 2 is 1.85 bits per heavy atom. The number of carbonyl (C=O) groups is 1. The second-order valence-corrected chi connectivity index (χ2v) is 6.20. The molecule has 0 saturated carbocycles. The van der Waals surface area contributed by atoms with Gasteiger partial charge in [0.15, 0.2) is 11.5 Å². The van der Waals surface area contributed by atoms with E-state index in [1.165, 1.54) is 0 Å². The van der Waals surface area contributed by atoms with Crippen molar-refractivity contribution in [1.29, 1.82) is 5.26 Å². The fraction of sp³-hybridized carbons (Fsp3) is 0.300. The minimum Gasteiger partial charge on any atom is -0.493 e. The molecule has 0 aromatic heterocycles. The number of nitriles is 1. The predicted molar refractivity (Wildman–Crippen MR) is 98.8 cm³/mol. The zero-order valence-corrected chi connectivity index (χ0v) is 15.2. The van der Waals surface area contributed by atoms with Crippen molar-refractivity contribution in [2.75, 3.05) is 14.2 Å². The Morgan fingerprint density at radius 3 is 2.38 bits per heavy atom. The number of hydrogen-bond donors (Lipinski definition) is 2. The molecule has 2 rings (SSSR count). The molecule has 0 aliphatic carbocycles. The summed E-state index contributed by atoms with van der Waals surface area (Å²) in [5.41, 5.74) is 6.14. The first-order valence-electron chi connectivity index (χ1n) is 8.16. The highest BCUT2D eigenvalue weighted by atomic mass is 16.5. The van der Waals surface area contributed by atoms with Crippen LogP contribution in [0.5, 0.6) is 11.5 Å². The number of nitrogens with two attached hydrogens (primary N) is 1. The zero-order chi connectivity index (χ0) is 19.2. The molecular formula is C20H23N3O3. The quantitative estimate of drug-likeness (QED) is 0.759. The van der Waals surface area contributed by atoms with E-state index in [9.17, 15) is 10.1 Å². The van der Waals surface area contributed by atoms with Crippen LogP contribution >= 0.6 is 0 Å². The minimum atomic E-state index is -1.00. The molecule has 6 heteroatoms. The van der Waals surface area contributed by atoms with Crippen molar-refractivity contribution in [2.45, 2.75) is 24.9 Å². The summed E-state index contributed by atoms with van der Waals surface area (Å²) in [6.07, 6.45) is 0.362. The van der Waals surface area contributed by atoms with E-state index >= 15 is 0 Å². The lowest BCUT2D eigenvalue weighted by atomic mass is 9.91. The Bertz CT molecular complexity index is 802. The zero-order valence-electron chi connectivity index (χ0n) is 15.2. The van der Waals surface area contributed by atoms with Crippen LogP contribution in [0.2, 0.25) is 0 Å². The molecule has 0 aliphatic heterocycles. The standard InChI is InChI=1S/C20H23N3O3/c1-20(13-21,12-14-9-10-16(25-2)17(11-14)26-3)23-18(19(22)24)15-7-5-4-6-8-15/h4-11,18,23H,12H2,1-3H3,(H2,22,24)/t18-,20-/m0/s1. The molecule has 0 aliphatic rings. The maximum Gasteiger partial charge on any atom is 0.239 e. The molecular weight excluding hydrogens is 330 g/mol. The first kappa shape index (κ1) is 19.3. The van der Waals surface area contributed by atoms with E-state index in [2.05, 4.69) is 11.4 Å². The van der Waals surface area contributed by atoms with E-state index in [0.717, 1.165) is 5.56 Å². The van der Waals surface area contributed by atoms with Gasteiger partial charge in [-0.2, -0.15) is 5.26 Å². The summed E-state index contributed by atoms with van der Waals surface area (Å²) in [5, 5.41) is 12.8. The fourth-order valence-corrected chi connectivity index (χ4v) is 2.80. The van der Waals surface area contributed by atoms with Crippen LogP contribution in [0.4, 0.5) is 0 Å². The number of hydrogen-bond acceptors (Lipinski definition) is 5. The normalized spacial score (nSPS) is 13.9. The molecule has 1 amide bonds. The van der Waals surface area contributed by atoms with Gasteiger partial charge < -0.3 is 15.2 Å². The van der Waals surface area contributed by atoms with Crippen molar-refractivity contribution in [3.05, 3.63) is 59.7 Å². The Morgan fingerprint density at radius 1 is 1.19 bits per heavy atom. The first-order valence-corrected chi connectivity index (χ1v) is 8.16. The fourth-order valence-electron chi connectivity index (χ4n) is 2.80. The van der Waals surface area contributed by atoms with E-state index in [4.69, 9.17) is 15.2 Å². The van der Waals surface area contributed by atoms with Gasteiger partial charge in [-0.15, -0.1) is 0 Å². The molecule has 0 unspecified atom stereocenters. The Kier molecular flexibility index (Phi) is 6.21. The molecule has 0 bridgehead atoms. The molecule has 3 N–H and O–H groups in total. The van der Waals surface area contributed by atoms with Crippen LogP contribution in [0.3, 0.4) is 0 Å². The molecule has 0 spiro atoms. The molecule has 2 aromatic carbocycles. The smallest absolute Gasteiger partial charge is 0.239 e. The highest BCUT2D eigenvalue weighted by molar-refractivity contribution is 5.81. The van der Waals surface area contributed by atoms with Gasteiger partial charge in [0.05, 0.1) is 20.3 Å². The second-order valence-electron chi connectivity index (χ2n) is 6.20. The number of primary amides is 1. The summed E-state index contributed by atoms with van der Waals surface area (Å²) in [5.74, 6) is 0.659. The summed E-state index contributed by atoms with van der Waals surface area (Å²) in [6, 6.07) is 16.1. The minimum absolute atomic E-state index is 0.362. The lowest BCUT2D eigenvalue weighted by Gasteiger charge is -2.28. The van der Waals surface area contributed by atoms with Gasteiger partial charge in [0, 0.05) is 6.42 Å². The van der Waals surface area contributed by atoms with Gasteiger partial charge in [-0.25, -0.2) is 0 Å². The average Bonchev–Trinajstić information content (AvgIpc) is 2.66. The van der Waals surface area contributed by atoms with Gasteiger partial charge in [-0.1, -0.05) is 36.4 Å². The Balaban J connectivity index is 2.27. The van der Waals surface area contributed by atoms with E-state index in [0.29, 0.717) is 23.5 Å². The van der Waals surface area contributed by atoms with Crippen LogP contribution in [0, 0.1) is 11.3 Å². The van der Waals surface area contributed by atoms with Gasteiger partial charge in [-0.05, 0) is 30.2 Å². The Hall–Kier alpha value is -3.04. The molecule has 2 aromatic rings.